The van der Waals surface area contributed by atoms with E-state index in [9.17, 15) is 23.2 Å². The van der Waals surface area contributed by atoms with Crippen LogP contribution in [0.25, 0.3) is 11.1 Å². The molecule has 2 saturated heterocycles. The topological polar surface area (TPSA) is 159 Å². The normalized spacial score (nSPS) is 17.1. The van der Waals surface area contributed by atoms with Crippen LogP contribution in [0.1, 0.15) is 45.6 Å². The molecule has 1 aliphatic carbocycles. The number of halogens is 2. The van der Waals surface area contributed by atoms with Crippen LogP contribution in [0.3, 0.4) is 0 Å². The van der Waals surface area contributed by atoms with Gasteiger partial charge < -0.3 is 25.6 Å². The first-order valence-electron chi connectivity index (χ1n) is 15.9. The van der Waals surface area contributed by atoms with E-state index in [0.29, 0.717) is 42.5 Å². The first-order chi connectivity index (χ1) is 23.6. The summed E-state index contributed by atoms with van der Waals surface area (Å²) < 4.78 is 34.2. The summed E-state index contributed by atoms with van der Waals surface area (Å²) in [6.45, 7) is 0.765. The molecule has 3 aliphatic rings. The second-order valence-corrected chi connectivity index (χ2v) is 12.4. The number of carbonyl (C=O) groups excluding carboxylic acids is 3. The van der Waals surface area contributed by atoms with Crippen molar-refractivity contribution < 1.29 is 27.9 Å². The van der Waals surface area contributed by atoms with Crippen LogP contribution >= 0.6 is 0 Å². The molecule has 3 fully saturated rings. The number of nitrogens with zero attached hydrogens (tertiary/aromatic N) is 7. The van der Waals surface area contributed by atoms with E-state index in [4.69, 9.17) is 4.74 Å². The second kappa shape index (κ2) is 12.8. The summed E-state index contributed by atoms with van der Waals surface area (Å²) in [6, 6.07) is 12.3. The van der Waals surface area contributed by atoms with Gasteiger partial charge in [-0.15, -0.1) is 10.2 Å². The molecular formula is C33H34F2N10O4. The van der Waals surface area contributed by atoms with E-state index in [0.717, 1.165) is 28.9 Å². The molecule has 49 heavy (non-hydrogen) atoms. The second-order valence-electron chi connectivity index (χ2n) is 12.4. The first-order valence-corrected chi connectivity index (χ1v) is 15.9. The summed E-state index contributed by atoms with van der Waals surface area (Å²) in [4.78, 5) is 45.2. The van der Waals surface area contributed by atoms with Crippen LogP contribution in [0.4, 0.5) is 26.0 Å². The number of hydrogen-bond donors (Lipinski definition) is 3. The third-order valence-corrected chi connectivity index (χ3v) is 8.69. The molecule has 3 N–H and O–H groups in total. The van der Waals surface area contributed by atoms with Crippen molar-refractivity contribution in [3.63, 3.8) is 0 Å². The number of amides is 3. The lowest BCUT2D eigenvalue weighted by molar-refractivity contribution is -0.117. The SMILES string of the molecule is CNC(=O)c1nnc(NC(=O)C2CC2)cc1Nc1cccc(-c2cnn(C3CN(Cc4cccc(C(=O)N5CC(F)(F)C5)n4)C3)c2)c1OC. The fourth-order valence-corrected chi connectivity index (χ4v) is 5.89. The average molecular weight is 673 g/mol. The highest BCUT2D eigenvalue weighted by Gasteiger charge is 2.46. The Labute approximate surface area is 279 Å². The van der Waals surface area contributed by atoms with Gasteiger partial charge >= 0.3 is 0 Å². The number of rotatable bonds is 11. The minimum Gasteiger partial charge on any atom is -0.494 e. The van der Waals surface area contributed by atoms with E-state index in [1.807, 2.05) is 35.1 Å². The summed E-state index contributed by atoms with van der Waals surface area (Å²) in [5.74, 6) is -3.17. The minimum atomic E-state index is -2.83. The van der Waals surface area contributed by atoms with Crippen LogP contribution in [0.15, 0.2) is 54.9 Å². The molecule has 14 nitrogen and oxygen atoms in total. The van der Waals surface area contributed by atoms with Gasteiger partial charge in [-0.1, -0.05) is 18.2 Å². The maximum atomic E-state index is 13.2. The minimum absolute atomic E-state index is 0.0271. The van der Waals surface area contributed by atoms with Crippen LogP contribution in [0, 0.1) is 5.92 Å². The molecule has 3 aromatic heterocycles. The van der Waals surface area contributed by atoms with Gasteiger partial charge in [-0.05, 0) is 31.0 Å². The van der Waals surface area contributed by atoms with Crippen molar-refractivity contribution in [1.82, 2.24) is 40.1 Å². The quantitative estimate of drug-likeness (QED) is 0.216. The summed E-state index contributed by atoms with van der Waals surface area (Å²) in [6.07, 6.45) is 5.38. The van der Waals surface area contributed by atoms with E-state index in [1.54, 1.807) is 31.5 Å². The van der Waals surface area contributed by atoms with Crippen molar-refractivity contribution >= 4 is 34.9 Å². The molecule has 0 unspecified atom stereocenters. The van der Waals surface area contributed by atoms with Crippen molar-refractivity contribution in [2.75, 3.05) is 51.0 Å². The van der Waals surface area contributed by atoms with Crippen molar-refractivity contribution in [3.05, 3.63) is 71.9 Å². The van der Waals surface area contributed by atoms with Gasteiger partial charge in [-0.3, -0.25) is 24.0 Å². The molecule has 0 spiro atoms. The molecule has 0 atom stereocenters. The molecule has 0 radical (unpaired) electrons. The summed E-state index contributed by atoms with van der Waals surface area (Å²) in [5, 5.41) is 21.3. The zero-order valence-corrected chi connectivity index (χ0v) is 26.8. The first kappa shape index (κ1) is 32.1. The molecule has 0 bridgehead atoms. The van der Waals surface area contributed by atoms with Crippen LogP contribution in [-0.2, 0) is 11.3 Å². The van der Waals surface area contributed by atoms with Crippen LogP contribution in [0.5, 0.6) is 5.75 Å². The zero-order chi connectivity index (χ0) is 34.3. The standard InChI is InChI=1S/C33H34F2N10O4/c1-36-31(47)28-26(11-27(41-42-28)40-30(46)19-9-10-19)39-24-7-4-6-23(29(24)49-2)20-12-37-45(13-20)22-15-43(16-22)14-21-5-3-8-25(38-21)32(48)44-17-33(34,35)18-44/h3-8,11-13,19,22H,9-10,14-18H2,1-2H3,(H,36,47)(H2,39,40,41,46). The number of anilines is 3. The number of para-hydroxylation sites is 1. The Bertz CT molecular complexity index is 1920. The number of nitrogens with one attached hydrogen (secondary N) is 3. The van der Waals surface area contributed by atoms with E-state index >= 15 is 0 Å². The molecule has 16 heteroatoms. The van der Waals surface area contributed by atoms with Gasteiger partial charge in [0.15, 0.2) is 11.5 Å². The molecule has 5 heterocycles. The third-order valence-electron chi connectivity index (χ3n) is 8.69. The Hall–Kier alpha value is -5.51. The molecule has 4 aromatic rings. The zero-order valence-electron chi connectivity index (χ0n) is 26.8. The summed E-state index contributed by atoms with van der Waals surface area (Å²) in [5.41, 5.74) is 3.40. The third kappa shape index (κ3) is 6.76. The number of carbonyl (C=O) groups is 3. The monoisotopic (exact) mass is 672 g/mol. The Morgan fingerprint density at radius 2 is 1.82 bits per heavy atom. The highest BCUT2D eigenvalue weighted by molar-refractivity contribution is 6.00. The van der Waals surface area contributed by atoms with Crippen molar-refractivity contribution in [2.45, 2.75) is 31.4 Å². The van der Waals surface area contributed by atoms with E-state index in [-0.39, 0.29) is 35.1 Å². The average Bonchev–Trinajstić information content (AvgIpc) is 3.82. The van der Waals surface area contributed by atoms with E-state index in [2.05, 4.69) is 41.1 Å². The lowest BCUT2D eigenvalue weighted by Crippen LogP contribution is -2.58. The van der Waals surface area contributed by atoms with E-state index in [1.165, 1.54) is 7.05 Å². The smallest absolute Gasteiger partial charge is 0.282 e. The molecule has 1 saturated carbocycles. The van der Waals surface area contributed by atoms with Gasteiger partial charge in [0.25, 0.3) is 17.7 Å². The van der Waals surface area contributed by atoms with Gasteiger partial charge in [0.1, 0.15) is 11.4 Å². The fourth-order valence-electron chi connectivity index (χ4n) is 5.89. The Morgan fingerprint density at radius 3 is 2.53 bits per heavy atom. The molecule has 7 rings (SSSR count). The Kier molecular flexibility index (Phi) is 8.40. The molecule has 254 valence electrons. The Balaban J connectivity index is 1.03. The highest BCUT2D eigenvalue weighted by atomic mass is 19.3. The van der Waals surface area contributed by atoms with Crippen molar-refractivity contribution in [1.29, 1.82) is 0 Å². The van der Waals surface area contributed by atoms with Crippen LogP contribution in [-0.4, -0.2) is 98.7 Å². The molecular weight excluding hydrogens is 638 g/mol. The lowest BCUT2D eigenvalue weighted by Gasteiger charge is -2.39. The predicted octanol–water partition coefficient (Wildman–Crippen LogP) is 3.34. The number of pyridine rings is 1. The van der Waals surface area contributed by atoms with Crippen molar-refractivity contribution in [3.8, 4) is 16.9 Å². The van der Waals surface area contributed by atoms with Crippen LogP contribution in [0.2, 0.25) is 0 Å². The number of alkyl halides is 2. The molecule has 1 aromatic carbocycles. The van der Waals surface area contributed by atoms with Crippen molar-refractivity contribution in [2.24, 2.45) is 5.92 Å². The Morgan fingerprint density at radius 1 is 1.04 bits per heavy atom. The molecule has 2 aliphatic heterocycles. The molecule has 3 amide bonds. The van der Waals surface area contributed by atoms with Crippen LogP contribution < -0.4 is 20.7 Å². The van der Waals surface area contributed by atoms with Gasteiger partial charge in [-0.25, -0.2) is 13.8 Å². The number of aromatic nitrogens is 5. The predicted molar refractivity (Wildman–Crippen MR) is 174 cm³/mol. The highest BCUT2D eigenvalue weighted by Crippen LogP contribution is 2.39. The van der Waals surface area contributed by atoms with Gasteiger partial charge in [0.2, 0.25) is 5.91 Å². The summed E-state index contributed by atoms with van der Waals surface area (Å²) in [7, 11) is 3.05. The number of likely N-dealkylation sites (tertiary alicyclic amines) is 2. The fraction of sp³-hybridized carbons (Fsp3) is 0.364. The van der Waals surface area contributed by atoms with Gasteiger partial charge in [-0.2, -0.15) is 5.10 Å². The lowest BCUT2D eigenvalue weighted by atomic mass is 10.1. The number of ether oxygens (including phenoxy) is 1. The largest absolute Gasteiger partial charge is 0.494 e. The van der Waals surface area contributed by atoms with Gasteiger partial charge in [0, 0.05) is 56.0 Å². The number of benzene rings is 1. The number of hydrogen-bond acceptors (Lipinski definition) is 10. The maximum Gasteiger partial charge on any atom is 0.282 e. The van der Waals surface area contributed by atoms with Gasteiger partial charge in [0.05, 0.1) is 49.5 Å². The number of methoxy groups -OCH3 is 1. The summed E-state index contributed by atoms with van der Waals surface area (Å²) >= 11 is 0. The maximum absolute atomic E-state index is 13.2. The van der Waals surface area contributed by atoms with E-state index < -0.39 is 30.8 Å².